The number of hydrogen-bond acceptors (Lipinski definition) is 3. The van der Waals surface area contributed by atoms with Gasteiger partial charge < -0.3 is 9.72 Å². The Morgan fingerprint density at radius 3 is 3.00 bits per heavy atom. The summed E-state index contributed by atoms with van der Waals surface area (Å²) < 4.78 is 6.11. The quantitative estimate of drug-likeness (QED) is 0.823. The van der Waals surface area contributed by atoms with E-state index in [-0.39, 0.29) is 0 Å². The summed E-state index contributed by atoms with van der Waals surface area (Å²) in [6, 6.07) is 0. The lowest BCUT2D eigenvalue weighted by atomic mass is 10.0. The van der Waals surface area contributed by atoms with E-state index in [0.29, 0.717) is 5.92 Å². The Labute approximate surface area is 101 Å². The molecule has 4 heteroatoms. The van der Waals surface area contributed by atoms with Crippen molar-refractivity contribution in [1.82, 2.24) is 9.97 Å². The molecule has 0 aliphatic carbocycles. The highest BCUT2D eigenvalue weighted by atomic mass is 32.1. The molecule has 0 radical (unpaired) electrons. The topological polar surface area (TPSA) is 37.9 Å². The van der Waals surface area contributed by atoms with Crippen LogP contribution >= 0.6 is 12.2 Å². The molecule has 0 bridgehead atoms. The average molecular weight is 238 g/mol. The number of ether oxygens (including phenoxy) is 1. The molecule has 1 aromatic heterocycles. The molecule has 1 aliphatic rings. The number of aromatic nitrogens is 2. The van der Waals surface area contributed by atoms with Gasteiger partial charge in [0, 0.05) is 30.9 Å². The van der Waals surface area contributed by atoms with Crippen molar-refractivity contribution >= 4 is 12.2 Å². The largest absolute Gasteiger partial charge is 0.381 e. The lowest BCUT2D eigenvalue weighted by Crippen LogP contribution is -2.09. The van der Waals surface area contributed by atoms with Crippen molar-refractivity contribution in [3.05, 3.63) is 21.7 Å². The second-order valence-corrected chi connectivity index (χ2v) is 4.77. The van der Waals surface area contributed by atoms with Crippen LogP contribution in [0.1, 0.15) is 30.4 Å². The molecule has 1 saturated heterocycles. The summed E-state index contributed by atoms with van der Waals surface area (Å²) >= 11 is 5.27. The predicted octanol–water partition coefficient (Wildman–Crippen LogP) is 2.59. The van der Waals surface area contributed by atoms with Crippen molar-refractivity contribution in [2.75, 3.05) is 13.2 Å². The van der Waals surface area contributed by atoms with Gasteiger partial charge in [0.1, 0.15) is 10.5 Å². The second-order valence-electron chi connectivity index (χ2n) is 4.38. The second kappa shape index (κ2) is 5.06. The van der Waals surface area contributed by atoms with Gasteiger partial charge in [-0.05, 0) is 25.7 Å². The molecule has 1 N–H and O–H groups in total. The van der Waals surface area contributed by atoms with Crippen molar-refractivity contribution in [1.29, 1.82) is 0 Å². The molecule has 1 unspecified atom stereocenters. The maximum Gasteiger partial charge on any atom is 0.132 e. The standard InChI is InChI=1S/C12H18N2OS/c1-3-10-8(2)12(16)14-11(13-10)6-9-4-5-15-7-9/h9H,3-7H2,1-2H3,(H,13,14,16). The molecule has 2 heterocycles. The van der Waals surface area contributed by atoms with E-state index in [0.717, 1.165) is 48.5 Å². The predicted molar refractivity (Wildman–Crippen MR) is 66.2 cm³/mol. The zero-order valence-corrected chi connectivity index (χ0v) is 10.7. The first kappa shape index (κ1) is 11.7. The number of hydrogen-bond donors (Lipinski definition) is 1. The zero-order valence-electron chi connectivity index (χ0n) is 9.88. The van der Waals surface area contributed by atoms with E-state index in [1.54, 1.807) is 0 Å². The minimum atomic E-state index is 0.602. The third kappa shape index (κ3) is 2.50. The van der Waals surface area contributed by atoms with E-state index in [1.807, 2.05) is 6.92 Å². The van der Waals surface area contributed by atoms with E-state index < -0.39 is 0 Å². The molecule has 3 nitrogen and oxygen atoms in total. The molecule has 88 valence electrons. The molecule has 1 atom stereocenters. The van der Waals surface area contributed by atoms with Crippen molar-refractivity contribution in [3.8, 4) is 0 Å². The van der Waals surface area contributed by atoms with E-state index in [2.05, 4.69) is 16.9 Å². The number of aromatic amines is 1. The maximum atomic E-state index is 5.37. The summed E-state index contributed by atoms with van der Waals surface area (Å²) in [5.41, 5.74) is 2.33. The Bertz CT molecular complexity index is 422. The number of nitrogens with zero attached hydrogens (tertiary/aromatic N) is 1. The minimum Gasteiger partial charge on any atom is -0.381 e. The summed E-state index contributed by atoms with van der Waals surface area (Å²) in [6.07, 6.45) is 3.07. The van der Waals surface area contributed by atoms with Crippen LogP contribution in [0.15, 0.2) is 0 Å². The van der Waals surface area contributed by atoms with E-state index >= 15 is 0 Å². The van der Waals surface area contributed by atoms with Crippen molar-refractivity contribution < 1.29 is 4.74 Å². The van der Waals surface area contributed by atoms with Crippen molar-refractivity contribution in [3.63, 3.8) is 0 Å². The summed E-state index contributed by atoms with van der Waals surface area (Å²) in [5, 5.41) is 0. The van der Waals surface area contributed by atoms with E-state index in [9.17, 15) is 0 Å². The minimum absolute atomic E-state index is 0.602. The Balaban J connectivity index is 2.20. The Kier molecular flexibility index (Phi) is 3.71. The SMILES string of the molecule is CCc1[nH]c(CC2CCOC2)nc(=S)c1C. The van der Waals surface area contributed by atoms with Crippen LogP contribution in [0.4, 0.5) is 0 Å². The van der Waals surface area contributed by atoms with Gasteiger partial charge in [-0.25, -0.2) is 4.98 Å². The fourth-order valence-corrected chi connectivity index (χ4v) is 2.33. The van der Waals surface area contributed by atoms with Crippen LogP contribution in [0.3, 0.4) is 0 Å². The van der Waals surface area contributed by atoms with Gasteiger partial charge >= 0.3 is 0 Å². The number of H-pyrrole nitrogens is 1. The average Bonchev–Trinajstić information content (AvgIpc) is 2.76. The van der Waals surface area contributed by atoms with Crippen LogP contribution in [0.5, 0.6) is 0 Å². The first-order valence-electron chi connectivity index (χ1n) is 5.87. The summed E-state index contributed by atoms with van der Waals surface area (Å²) in [4.78, 5) is 7.85. The molecule has 0 saturated carbocycles. The molecular formula is C12H18N2OS. The highest BCUT2D eigenvalue weighted by Gasteiger charge is 2.17. The number of nitrogens with one attached hydrogen (secondary N) is 1. The summed E-state index contributed by atoms with van der Waals surface area (Å²) in [5.74, 6) is 1.62. The van der Waals surface area contributed by atoms with Crippen LogP contribution in [-0.4, -0.2) is 23.2 Å². The van der Waals surface area contributed by atoms with Gasteiger partial charge in [0.2, 0.25) is 0 Å². The molecule has 1 aliphatic heterocycles. The highest BCUT2D eigenvalue weighted by Crippen LogP contribution is 2.17. The third-order valence-corrected chi connectivity index (χ3v) is 3.56. The van der Waals surface area contributed by atoms with Crippen LogP contribution in [0.25, 0.3) is 0 Å². The summed E-state index contributed by atoms with van der Waals surface area (Å²) in [6.45, 7) is 5.92. The third-order valence-electron chi connectivity index (χ3n) is 3.16. The number of rotatable bonds is 3. The lowest BCUT2D eigenvalue weighted by Gasteiger charge is -2.10. The molecule has 16 heavy (non-hydrogen) atoms. The fraction of sp³-hybridized carbons (Fsp3) is 0.667. The first-order valence-corrected chi connectivity index (χ1v) is 6.28. The van der Waals surface area contributed by atoms with E-state index in [1.165, 1.54) is 5.69 Å². The lowest BCUT2D eigenvalue weighted by molar-refractivity contribution is 0.185. The monoisotopic (exact) mass is 238 g/mol. The smallest absolute Gasteiger partial charge is 0.132 e. The Morgan fingerprint density at radius 1 is 1.56 bits per heavy atom. The normalized spacial score (nSPS) is 20.2. The molecule has 0 spiro atoms. The molecule has 2 rings (SSSR count). The van der Waals surface area contributed by atoms with E-state index in [4.69, 9.17) is 17.0 Å². The first-order chi connectivity index (χ1) is 7.70. The van der Waals surface area contributed by atoms with Crippen LogP contribution in [-0.2, 0) is 17.6 Å². The van der Waals surface area contributed by atoms with Gasteiger partial charge in [-0.15, -0.1) is 0 Å². The molecule has 0 aromatic carbocycles. The van der Waals surface area contributed by atoms with Crippen molar-refractivity contribution in [2.45, 2.75) is 33.1 Å². The van der Waals surface area contributed by atoms with Gasteiger partial charge in [-0.1, -0.05) is 19.1 Å². The van der Waals surface area contributed by atoms with Crippen LogP contribution < -0.4 is 0 Å². The molecule has 1 aromatic rings. The molecule has 0 amide bonds. The van der Waals surface area contributed by atoms with Crippen LogP contribution in [0.2, 0.25) is 0 Å². The van der Waals surface area contributed by atoms with Gasteiger partial charge in [-0.3, -0.25) is 0 Å². The van der Waals surface area contributed by atoms with Crippen LogP contribution in [0, 0.1) is 17.5 Å². The zero-order chi connectivity index (χ0) is 11.5. The Morgan fingerprint density at radius 2 is 2.38 bits per heavy atom. The van der Waals surface area contributed by atoms with Crippen molar-refractivity contribution in [2.24, 2.45) is 5.92 Å². The fourth-order valence-electron chi connectivity index (χ4n) is 2.10. The molecule has 1 fully saturated rings. The Hall–Kier alpha value is -0.740. The van der Waals surface area contributed by atoms with Gasteiger partial charge in [0.15, 0.2) is 0 Å². The number of aryl methyl sites for hydroxylation is 1. The summed E-state index contributed by atoms with van der Waals surface area (Å²) in [7, 11) is 0. The highest BCUT2D eigenvalue weighted by molar-refractivity contribution is 7.71. The van der Waals surface area contributed by atoms with Gasteiger partial charge in [0.05, 0.1) is 0 Å². The van der Waals surface area contributed by atoms with Gasteiger partial charge in [0.25, 0.3) is 0 Å². The maximum absolute atomic E-state index is 5.37. The van der Waals surface area contributed by atoms with Gasteiger partial charge in [-0.2, -0.15) is 0 Å². The molecular weight excluding hydrogens is 220 g/mol.